The second kappa shape index (κ2) is 4.28. The third-order valence-electron chi connectivity index (χ3n) is 1.000. The highest BCUT2D eigenvalue weighted by Gasteiger charge is 2.14. The number of nitriles is 1. The summed E-state index contributed by atoms with van der Waals surface area (Å²) in [4.78, 5) is 20.8. The van der Waals surface area contributed by atoms with Crippen molar-refractivity contribution in [3.8, 4) is 6.07 Å². The van der Waals surface area contributed by atoms with Crippen LogP contribution in [0.3, 0.4) is 0 Å². The van der Waals surface area contributed by atoms with Gasteiger partial charge in [0.1, 0.15) is 0 Å². The zero-order chi connectivity index (χ0) is 8.85. The first-order valence-electron chi connectivity index (χ1n) is 2.93. The van der Waals surface area contributed by atoms with Crippen molar-refractivity contribution >= 4 is 11.9 Å². The molecule has 0 bridgehead atoms. The average Bonchev–Trinajstić information content (AvgIpc) is 1.86. The molecule has 0 aromatic rings. The number of nitrogens with zero attached hydrogens (tertiary/aromatic N) is 1. The lowest BCUT2D eigenvalue weighted by atomic mass is 10.2. The van der Waals surface area contributed by atoms with Crippen LogP contribution in [0.15, 0.2) is 0 Å². The number of carbonyl (C=O) groups is 2. The molecule has 2 N–H and O–H groups in total. The summed E-state index contributed by atoms with van der Waals surface area (Å²) in [5.41, 5.74) is 4.63. The minimum Gasteiger partial charge on any atom is -0.439 e. The van der Waals surface area contributed by atoms with Gasteiger partial charge in [-0.2, -0.15) is 5.26 Å². The molecular formula is C6H8N2O3. The highest BCUT2D eigenvalue weighted by atomic mass is 16.6. The SMILES string of the molecule is CC(OC(N)=O)C(=O)CC#N. The van der Waals surface area contributed by atoms with E-state index in [1.807, 2.05) is 0 Å². The van der Waals surface area contributed by atoms with Crippen LogP contribution in [0, 0.1) is 11.3 Å². The van der Waals surface area contributed by atoms with Gasteiger partial charge in [0.25, 0.3) is 0 Å². The first-order chi connectivity index (χ1) is 5.07. The number of carbonyl (C=O) groups excluding carboxylic acids is 2. The maximum Gasteiger partial charge on any atom is 0.405 e. The summed E-state index contributed by atoms with van der Waals surface area (Å²) < 4.78 is 4.30. The third kappa shape index (κ3) is 3.92. The third-order valence-corrected chi connectivity index (χ3v) is 1.000. The summed E-state index contributed by atoms with van der Waals surface area (Å²) >= 11 is 0. The Hall–Kier alpha value is -1.57. The van der Waals surface area contributed by atoms with Crippen molar-refractivity contribution in [3.05, 3.63) is 0 Å². The van der Waals surface area contributed by atoms with Gasteiger partial charge in [-0.1, -0.05) is 0 Å². The van der Waals surface area contributed by atoms with E-state index in [2.05, 4.69) is 10.5 Å². The van der Waals surface area contributed by atoms with Gasteiger partial charge in [0.2, 0.25) is 0 Å². The molecule has 0 spiro atoms. The number of ether oxygens (including phenoxy) is 1. The van der Waals surface area contributed by atoms with E-state index in [-0.39, 0.29) is 6.42 Å². The number of primary amides is 1. The molecule has 5 nitrogen and oxygen atoms in total. The van der Waals surface area contributed by atoms with E-state index >= 15 is 0 Å². The Morgan fingerprint density at radius 2 is 2.27 bits per heavy atom. The Morgan fingerprint density at radius 1 is 1.73 bits per heavy atom. The quantitative estimate of drug-likeness (QED) is 0.620. The van der Waals surface area contributed by atoms with Crippen LogP contribution in [0.4, 0.5) is 4.79 Å². The number of ketones is 1. The molecule has 1 atom stereocenters. The standard InChI is InChI=1S/C6H8N2O3/c1-4(11-6(8)10)5(9)2-3-7/h4H,2H2,1H3,(H2,8,10). The van der Waals surface area contributed by atoms with Crippen LogP contribution in [-0.2, 0) is 9.53 Å². The molecule has 60 valence electrons. The van der Waals surface area contributed by atoms with Gasteiger partial charge in [-0.3, -0.25) is 4.79 Å². The van der Waals surface area contributed by atoms with Gasteiger partial charge in [-0.15, -0.1) is 0 Å². The van der Waals surface area contributed by atoms with Crippen molar-refractivity contribution in [1.82, 2.24) is 0 Å². The van der Waals surface area contributed by atoms with Crippen LogP contribution >= 0.6 is 0 Å². The Kier molecular flexibility index (Phi) is 3.67. The van der Waals surface area contributed by atoms with Gasteiger partial charge in [0, 0.05) is 0 Å². The van der Waals surface area contributed by atoms with Gasteiger partial charge in [0.05, 0.1) is 12.5 Å². The van der Waals surface area contributed by atoms with Crippen LogP contribution in [-0.4, -0.2) is 18.0 Å². The molecule has 0 aliphatic carbocycles. The molecule has 0 aromatic carbocycles. The van der Waals surface area contributed by atoms with Crippen LogP contribution in [0.25, 0.3) is 0 Å². The minimum atomic E-state index is -1.01. The lowest BCUT2D eigenvalue weighted by Crippen LogP contribution is -2.26. The highest BCUT2D eigenvalue weighted by molar-refractivity contribution is 5.86. The molecule has 0 aliphatic heterocycles. The van der Waals surface area contributed by atoms with E-state index in [0.29, 0.717) is 0 Å². The molecule has 11 heavy (non-hydrogen) atoms. The minimum absolute atomic E-state index is 0.269. The van der Waals surface area contributed by atoms with Crippen molar-refractivity contribution in [2.45, 2.75) is 19.4 Å². The predicted octanol–water partition coefficient (Wildman–Crippen LogP) is -0.0470. The van der Waals surface area contributed by atoms with Crippen LogP contribution < -0.4 is 5.73 Å². The van der Waals surface area contributed by atoms with Crippen molar-refractivity contribution in [1.29, 1.82) is 5.26 Å². The second-order valence-electron chi connectivity index (χ2n) is 1.88. The number of hydrogen-bond acceptors (Lipinski definition) is 4. The summed E-state index contributed by atoms with van der Waals surface area (Å²) in [5.74, 6) is -0.452. The monoisotopic (exact) mass is 156 g/mol. The van der Waals surface area contributed by atoms with Gasteiger partial charge in [-0.05, 0) is 6.92 Å². The van der Waals surface area contributed by atoms with Crippen molar-refractivity contribution in [2.75, 3.05) is 0 Å². The fourth-order valence-corrected chi connectivity index (χ4v) is 0.462. The maximum atomic E-state index is 10.7. The molecule has 1 amide bonds. The Balaban J connectivity index is 3.85. The molecule has 0 heterocycles. The molecule has 5 heteroatoms. The van der Waals surface area contributed by atoms with Gasteiger partial charge in [-0.25, -0.2) is 4.79 Å². The number of amides is 1. The van der Waals surface area contributed by atoms with E-state index in [1.165, 1.54) is 6.92 Å². The van der Waals surface area contributed by atoms with Crippen LogP contribution in [0.1, 0.15) is 13.3 Å². The number of rotatable bonds is 3. The molecular weight excluding hydrogens is 148 g/mol. The molecule has 0 aromatic heterocycles. The Bertz CT molecular complexity index is 206. The summed E-state index contributed by atoms with van der Waals surface area (Å²) in [6.07, 6.45) is -2.20. The van der Waals surface area contributed by atoms with Crippen molar-refractivity contribution in [2.24, 2.45) is 5.73 Å². The zero-order valence-electron chi connectivity index (χ0n) is 6.03. The summed E-state index contributed by atoms with van der Waals surface area (Å²) in [5, 5.41) is 8.08. The fraction of sp³-hybridized carbons (Fsp3) is 0.500. The maximum absolute atomic E-state index is 10.7. The Labute approximate surface area is 63.7 Å². The number of hydrogen-bond donors (Lipinski definition) is 1. The van der Waals surface area contributed by atoms with E-state index in [1.54, 1.807) is 6.07 Å². The summed E-state index contributed by atoms with van der Waals surface area (Å²) in [6.45, 7) is 1.37. The van der Waals surface area contributed by atoms with Gasteiger partial charge < -0.3 is 10.5 Å². The zero-order valence-corrected chi connectivity index (χ0v) is 6.03. The molecule has 0 rings (SSSR count). The fourth-order valence-electron chi connectivity index (χ4n) is 0.462. The number of Topliss-reactive ketones (excluding diaryl/α,β-unsaturated/α-hetero) is 1. The van der Waals surface area contributed by atoms with E-state index < -0.39 is 18.0 Å². The average molecular weight is 156 g/mol. The molecule has 0 fully saturated rings. The molecule has 1 unspecified atom stereocenters. The largest absolute Gasteiger partial charge is 0.439 e. The van der Waals surface area contributed by atoms with Crippen LogP contribution in [0.2, 0.25) is 0 Å². The summed E-state index contributed by atoms with van der Waals surface area (Å²) in [6, 6.07) is 1.64. The number of nitrogens with two attached hydrogens (primary N) is 1. The molecule has 0 saturated heterocycles. The normalized spacial score (nSPS) is 11.3. The topological polar surface area (TPSA) is 93.2 Å². The van der Waals surface area contributed by atoms with Crippen molar-refractivity contribution < 1.29 is 14.3 Å². The summed E-state index contributed by atoms with van der Waals surface area (Å²) in [7, 11) is 0. The Morgan fingerprint density at radius 3 is 2.64 bits per heavy atom. The molecule has 0 radical (unpaired) electrons. The lowest BCUT2D eigenvalue weighted by molar-refractivity contribution is -0.125. The van der Waals surface area contributed by atoms with E-state index in [0.717, 1.165) is 0 Å². The van der Waals surface area contributed by atoms with E-state index in [4.69, 9.17) is 5.26 Å². The first-order valence-corrected chi connectivity index (χ1v) is 2.93. The van der Waals surface area contributed by atoms with Crippen LogP contribution in [0.5, 0.6) is 0 Å². The lowest BCUT2D eigenvalue weighted by Gasteiger charge is -2.06. The smallest absolute Gasteiger partial charge is 0.405 e. The molecule has 0 aliphatic rings. The highest BCUT2D eigenvalue weighted by Crippen LogP contribution is 1.95. The second-order valence-corrected chi connectivity index (χ2v) is 1.88. The molecule has 0 saturated carbocycles. The van der Waals surface area contributed by atoms with Crippen molar-refractivity contribution in [3.63, 3.8) is 0 Å². The van der Waals surface area contributed by atoms with Gasteiger partial charge >= 0.3 is 6.09 Å². The predicted molar refractivity (Wildman–Crippen MR) is 35.4 cm³/mol. The van der Waals surface area contributed by atoms with Gasteiger partial charge in [0.15, 0.2) is 11.9 Å². The van der Waals surface area contributed by atoms with E-state index in [9.17, 15) is 9.59 Å². The first kappa shape index (κ1) is 9.43.